The Morgan fingerprint density at radius 1 is 1.77 bits per heavy atom. The highest BCUT2D eigenvalue weighted by Gasteiger charge is 2.41. The summed E-state index contributed by atoms with van der Waals surface area (Å²) in [7, 11) is 0. The molecule has 0 fully saturated rings. The second-order valence-corrected chi connectivity index (χ2v) is 3.56. The van der Waals surface area contributed by atoms with Gasteiger partial charge in [-0.25, -0.2) is 4.79 Å². The van der Waals surface area contributed by atoms with E-state index in [-0.39, 0.29) is 0 Å². The lowest BCUT2D eigenvalue weighted by molar-refractivity contribution is -0.149. The molecule has 0 aromatic rings. The van der Waals surface area contributed by atoms with Gasteiger partial charge in [0.15, 0.2) is 5.54 Å². The average Bonchev–Trinajstić information content (AvgIpc) is 2.45. The maximum atomic E-state index is 11.0. The van der Waals surface area contributed by atoms with E-state index in [0.29, 0.717) is 6.42 Å². The first kappa shape index (κ1) is 10.0. The van der Waals surface area contributed by atoms with Gasteiger partial charge < -0.3 is 5.11 Å². The van der Waals surface area contributed by atoms with Crippen LogP contribution in [0.2, 0.25) is 0 Å². The number of rotatable bonds is 4. The van der Waals surface area contributed by atoms with Gasteiger partial charge in [0.2, 0.25) is 0 Å². The van der Waals surface area contributed by atoms with E-state index >= 15 is 0 Å². The third-order valence-electron chi connectivity index (χ3n) is 2.46. The quantitative estimate of drug-likeness (QED) is 0.717. The van der Waals surface area contributed by atoms with E-state index < -0.39 is 11.5 Å². The van der Waals surface area contributed by atoms with Gasteiger partial charge in [0.1, 0.15) is 0 Å². The SMILES string of the molecule is CCCCN1N=CCC1(C)C(=O)O. The Kier molecular flexibility index (Phi) is 2.90. The third kappa shape index (κ3) is 1.82. The first-order valence-electron chi connectivity index (χ1n) is 4.64. The standard InChI is InChI=1S/C9H16N2O2/c1-3-4-7-11-9(2,8(12)13)5-6-10-11/h6H,3-5,7H2,1-2H3,(H,12,13). The van der Waals surface area contributed by atoms with Crippen molar-refractivity contribution in [3.05, 3.63) is 0 Å². The molecule has 0 bridgehead atoms. The van der Waals surface area contributed by atoms with Crippen LogP contribution in [0.3, 0.4) is 0 Å². The zero-order valence-electron chi connectivity index (χ0n) is 8.16. The van der Waals surface area contributed by atoms with Crippen molar-refractivity contribution in [2.45, 2.75) is 38.6 Å². The molecule has 1 aliphatic rings. The summed E-state index contributed by atoms with van der Waals surface area (Å²) in [5, 5.41) is 14.8. The monoisotopic (exact) mass is 184 g/mol. The Morgan fingerprint density at radius 3 is 3.00 bits per heavy atom. The molecule has 1 atom stereocenters. The number of hydrogen-bond donors (Lipinski definition) is 1. The lowest BCUT2D eigenvalue weighted by atomic mass is 9.99. The molecule has 0 amide bonds. The Bertz CT molecular complexity index is 228. The van der Waals surface area contributed by atoms with Gasteiger partial charge in [0.25, 0.3) is 0 Å². The van der Waals surface area contributed by atoms with Gasteiger partial charge in [0, 0.05) is 19.2 Å². The van der Waals surface area contributed by atoms with Crippen molar-refractivity contribution in [2.24, 2.45) is 5.10 Å². The zero-order chi connectivity index (χ0) is 9.90. The second kappa shape index (κ2) is 3.77. The van der Waals surface area contributed by atoms with E-state index in [1.54, 1.807) is 18.1 Å². The topological polar surface area (TPSA) is 52.9 Å². The third-order valence-corrected chi connectivity index (χ3v) is 2.46. The molecule has 13 heavy (non-hydrogen) atoms. The van der Waals surface area contributed by atoms with Crippen molar-refractivity contribution >= 4 is 12.2 Å². The van der Waals surface area contributed by atoms with Crippen molar-refractivity contribution in [3.8, 4) is 0 Å². The van der Waals surface area contributed by atoms with Crippen LogP contribution in [0.15, 0.2) is 5.10 Å². The van der Waals surface area contributed by atoms with E-state index in [2.05, 4.69) is 12.0 Å². The maximum absolute atomic E-state index is 11.0. The van der Waals surface area contributed by atoms with Crippen LogP contribution in [-0.2, 0) is 4.79 Å². The number of hydrogen-bond acceptors (Lipinski definition) is 3. The van der Waals surface area contributed by atoms with Crippen molar-refractivity contribution in [1.82, 2.24) is 5.01 Å². The van der Waals surface area contributed by atoms with Crippen molar-refractivity contribution in [1.29, 1.82) is 0 Å². The van der Waals surface area contributed by atoms with Crippen LogP contribution in [0, 0.1) is 0 Å². The Labute approximate surface area is 78.2 Å². The fourth-order valence-corrected chi connectivity index (χ4v) is 1.36. The van der Waals surface area contributed by atoms with Crippen LogP contribution in [0.25, 0.3) is 0 Å². The van der Waals surface area contributed by atoms with E-state index in [1.807, 2.05) is 0 Å². The molecule has 1 aliphatic heterocycles. The predicted molar refractivity (Wildman–Crippen MR) is 50.8 cm³/mol. The lowest BCUT2D eigenvalue weighted by Crippen LogP contribution is -2.47. The highest BCUT2D eigenvalue weighted by molar-refractivity contribution is 5.84. The molecular weight excluding hydrogens is 168 g/mol. The van der Waals surface area contributed by atoms with Crippen LogP contribution >= 0.6 is 0 Å². The van der Waals surface area contributed by atoms with Gasteiger partial charge in [0.05, 0.1) is 0 Å². The smallest absolute Gasteiger partial charge is 0.331 e. The van der Waals surface area contributed by atoms with Gasteiger partial charge in [-0.2, -0.15) is 5.10 Å². The molecule has 0 saturated heterocycles. The van der Waals surface area contributed by atoms with Crippen molar-refractivity contribution in [3.63, 3.8) is 0 Å². The van der Waals surface area contributed by atoms with E-state index in [1.165, 1.54) is 0 Å². The molecule has 0 radical (unpaired) electrons. The number of nitrogens with zero attached hydrogens (tertiary/aromatic N) is 2. The minimum absolute atomic E-state index is 0.506. The Morgan fingerprint density at radius 2 is 2.46 bits per heavy atom. The van der Waals surface area contributed by atoms with Gasteiger partial charge >= 0.3 is 5.97 Å². The lowest BCUT2D eigenvalue weighted by Gasteiger charge is -2.30. The molecule has 0 spiro atoms. The van der Waals surface area contributed by atoms with Crippen molar-refractivity contribution in [2.75, 3.05) is 6.54 Å². The highest BCUT2D eigenvalue weighted by atomic mass is 16.4. The highest BCUT2D eigenvalue weighted by Crippen LogP contribution is 2.24. The summed E-state index contributed by atoms with van der Waals surface area (Å²) in [5.74, 6) is -0.791. The van der Waals surface area contributed by atoms with Crippen molar-refractivity contribution < 1.29 is 9.90 Å². The summed E-state index contributed by atoms with van der Waals surface area (Å²) < 4.78 is 0. The molecule has 1 rings (SSSR count). The van der Waals surface area contributed by atoms with Crippen LogP contribution in [0.1, 0.15) is 33.1 Å². The minimum atomic E-state index is -0.810. The van der Waals surface area contributed by atoms with Crippen LogP contribution in [0.4, 0.5) is 0 Å². The first-order chi connectivity index (χ1) is 6.11. The number of hydrazone groups is 1. The van der Waals surface area contributed by atoms with E-state index in [4.69, 9.17) is 5.11 Å². The van der Waals surface area contributed by atoms with Crippen LogP contribution in [0.5, 0.6) is 0 Å². The predicted octanol–water partition coefficient (Wildman–Crippen LogP) is 1.32. The number of carboxylic acids is 1. The molecule has 1 unspecified atom stereocenters. The van der Waals surface area contributed by atoms with E-state index in [0.717, 1.165) is 19.4 Å². The molecule has 1 N–H and O–H groups in total. The summed E-state index contributed by atoms with van der Waals surface area (Å²) in [6.07, 6.45) is 4.23. The summed E-state index contributed by atoms with van der Waals surface area (Å²) in [6.45, 7) is 4.53. The van der Waals surface area contributed by atoms with Gasteiger partial charge in [-0.1, -0.05) is 13.3 Å². The summed E-state index contributed by atoms with van der Waals surface area (Å²) in [4.78, 5) is 11.0. The van der Waals surface area contributed by atoms with Gasteiger partial charge in [-0.3, -0.25) is 5.01 Å². The summed E-state index contributed by atoms with van der Waals surface area (Å²) in [6, 6.07) is 0. The molecule has 0 aromatic carbocycles. The number of carboxylic acid groups (broad SMARTS) is 1. The molecule has 74 valence electrons. The van der Waals surface area contributed by atoms with Gasteiger partial charge in [-0.15, -0.1) is 0 Å². The second-order valence-electron chi connectivity index (χ2n) is 3.56. The number of aliphatic carboxylic acids is 1. The molecule has 0 saturated carbocycles. The Balaban J connectivity index is 2.61. The maximum Gasteiger partial charge on any atom is 0.331 e. The summed E-state index contributed by atoms with van der Waals surface area (Å²) in [5.41, 5.74) is -0.810. The summed E-state index contributed by atoms with van der Waals surface area (Å²) >= 11 is 0. The normalized spacial score (nSPS) is 26.8. The molecule has 4 nitrogen and oxygen atoms in total. The Hall–Kier alpha value is -1.06. The van der Waals surface area contributed by atoms with Gasteiger partial charge in [-0.05, 0) is 13.3 Å². The number of unbranched alkanes of at least 4 members (excludes halogenated alkanes) is 1. The molecule has 1 heterocycles. The number of carbonyl (C=O) groups is 1. The van der Waals surface area contributed by atoms with E-state index in [9.17, 15) is 4.79 Å². The average molecular weight is 184 g/mol. The zero-order valence-corrected chi connectivity index (χ0v) is 8.16. The fraction of sp³-hybridized carbons (Fsp3) is 0.778. The molecule has 0 aliphatic carbocycles. The molecule has 4 heteroatoms. The van der Waals surface area contributed by atoms with Crippen LogP contribution < -0.4 is 0 Å². The van der Waals surface area contributed by atoms with Crippen LogP contribution in [-0.4, -0.2) is 34.4 Å². The minimum Gasteiger partial charge on any atom is -0.479 e. The largest absolute Gasteiger partial charge is 0.479 e. The first-order valence-corrected chi connectivity index (χ1v) is 4.64. The molecule has 0 aromatic heterocycles. The fourth-order valence-electron chi connectivity index (χ4n) is 1.36. The molecular formula is C9H16N2O2.